The minimum atomic E-state index is -0.388. The van der Waals surface area contributed by atoms with Gasteiger partial charge in [0, 0.05) is 50.4 Å². The molecule has 132 valence electrons. The van der Waals surface area contributed by atoms with E-state index < -0.39 is 0 Å². The smallest absolute Gasteiger partial charge is 0.294 e. The SMILES string of the molecule is CN(C)CCNC(=S)N1CCN(c2ccc(Cl)cc2[N+](=O)[O-])CC1. The van der Waals surface area contributed by atoms with E-state index in [9.17, 15) is 10.1 Å². The van der Waals surface area contributed by atoms with E-state index in [2.05, 4.69) is 15.1 Å². The van der Waals surface area contributed by atoms with Gasteiger partial charge in [-0.05, 0) is 38.4 Å². The lowest BCUT2D eigenvalue weighted by Crippen LogP contribution is -2.52. The van der Waals surface area contributed by atoms with Gasteiger partial charge < -0.3 is 20.0 Å². The highest BCUT2D eigenvalue weighted by molar-refractivity contribution is 7.80. The summed E-state index contributed by atoms with van der Waals surface area (Å²) in [6, 6.07) is 4.80. The van der Waals surface area contributed by atoms with E-state index in [1.165, 1.54) is 6.07 Å². The number of thiocarbonyl (C=S) groups is 1. The fourth-order valence-corrected chi connectivity index (χ4v) is 3.01. The highest BCUT2D eigenvalue weighted by Crippen LogP contribution is 2.31. The Labute approximate surface area is 152 Å². The Bertz CT molecular complexity index is 606. The van der Waals surface area contributed by atoms with E-state index in [1.54, 1.807) is 12.1 Å². The van der Waals surface area contributed by atoms with E-state index in [0.717, 1.165) is 31.3 Å². The molecule has 0 amide bonds. The van der Waals surface area contributed by atoms with Gasteiger partial charge in [-0.3, -0.25) is 10.1 Å². The fourth-order valence-electron chi connectivity index (χ4n) is 2.56. The summed E-state index contributed by atoms with van der Waals surface area (Å²) in [5.74, 6) is 0. The number of nitro benzene ring substituents is 1. The Morgan fingerprint density at radius 2 is 2.04 bits per heavy atom. The van der Waals surface area contributed by atoms with Crippen LogP contribution in [0.1, 0.15) is 0 Å². The van der Waals surface area contributed by atoms with Crippen LogP contribution in [0.25, 0.3) is 0 Å². The van der Waals surface area contributed by atoms with Crippen LogP contribution in [0, 0.1) is 10.1 Å². The summed E-state index contributed by atoms with van der Waals surface area (Å²) in [5, 5.41) is 15.6. The number of anilines is 1. The fraction of sp³-hybridized carbons (Fsp3) is 0.533. The zero-order valence-electron chi connectivity index (χ0n) is 13.9. The quantitative estimate of drug-likeness (QED) is 0.481. The van der Waals surface area contributed by atoms with Crippen LogP contribution in [-0.2, 0) is 0 Å². The van der Waals surface area contributed by atoms with Gasteiger partial charge in [0.1, 0.15) is 5.69 Å². The molecule has 7 nitrogen and oxygen atoms in total. The number of nitrogens with one attached hydrogen (secondary N) is 1. The van der Waals surface area contributed by atoms with Gasteiger partial charge in [0.25, 0.3) is 5.69 Å². The second-order valence-electron chi connectivity index (χ2n) is 5.90. The van der Waals surface area contributed by atoms with Crippen molar-refractivity contribution in [2.45, 2.75) is 0 Å². The molecule has 0 spiro atoms. The van der Waals surface area contributed by atoms with Crippen LogP contribution in [-0.4, -0.2) is 73.2 Å². The lowest BCUT2D eigenvalue weighted by atomic mass is 10.2. The molecule has 0 radical (unpaired) electrons. The summed E-state index contributed by atoms with van der Waals surface area (Å²) in [4.78, 5) is 17.0. The van der Waals surface area contributed by atoms with Gasteiger partial charge in [-0.15, -0.1) is 0 Å². The Morgan fingerprint density at radius 3 is 2.62 bits per heavy atom. The lowest BCUT2D eigenvalue weighted by molar-refractivity contribution is -0.384. The molecular formula is C15H22ClN5O2S. The van der Waals surface area contributed by atoms with Crippen molar-refractivity contribution in [1.29, 1.82) is 0 Å². The first-order valence-electron chi connectivity index (χ1n) is 7.75. The zero-order chi connectivity index (χ0) is 17.7. The molecule has 1 saturated heterocycles. The Kier molecular flexibility index (Phi) is 6.59. The van der Waals surface area contributed by atoms with Crippen molar-refractivity contribution in [2.75, 3.05) is 58.3 Å². The molecule has 1 aliphatic heterocycles. The molecule has 1 aromatic carbocycles. The summed E-state index contributed by atoms with van der Waals surface area (Å²) >= 11 is 11.3. The normalized spacial score (nSPS) is 14.8. The van der Waals surface area contributed by atoms with Crippen LogP contribution in [0.4, 0.5) is 11.4 Å². The number of likely N-dealkylation sites (N-methyl/N-ethyl adjacent to an activating group) is 1. The van der Waals surface area contributed by atoms with E-state index in [1.807, 2.05) is 19.0 Å². The maximum absolute atomic E-state index is 11.2. The van der Waals surface area contributed by atoms with Gasteiger partial charge in [-0.1, -0.05) is 11.6 Å². The molecule has 0 saturated carbocycles. The highest BCUT2D eigenvalue weighted by Gasteiger charge is 2.24. The molecule has 1 fully saturated rings. The van der Waals surface area contributed by atoms with E-state index in [0.29, 0.717) is 23.8 Å². The van der Waals surface area contributed by atoms with Crippen molar-refractivity contribution < 1.29 is 4.92 Å². The highest BCUT2D eigenvalue weighted by atomic mass is 35.5. The number of nitro groups is 1. The zero-order valence-corrected chi connectivity index (χ0v) is 15.4. The number of benzene rings is 1. The maximum Gasteiger partial charge on any atom is 0.294 e. The third kappa shape index (κ3) is 4.93. The molecule has 0 atom stereocenters. The largest absolute Gasteiger partial charge is 0.362 e. The van der Waals surface area contributed by atoms with Gasteiger partial charge in [0.15, 0.2) is 5.11 Å². The molecule has 0 aliphatic carbocycles. The molecule has 1 N–H and O–H groups in total. The van der Waals surface area contributed by atoms with Gasteiger partial charge in [0.05, 0.1) is 4.92 Å². The molecular weight excluding hydrogens is 350 g/mol. The minimum absolute atomic E-state index is 0.0441. The molecule has 0 unspecified atom stereocenters. The summed E-state index contributed by atoms with van der Waals surface area (Å²) in [6.07, 6.45) is 0. The molecule has 1 aliphatic rings. The lowest BCUT2D eigenvalue weighted by Gasteiger charge is -2.37. The van der Waals surface area contributed by atoms with E-state index in [-0.39, 0.29) is 10.6 Å². The summed E-state index contributed by atoms with van der Waals surface area (Å²) in [5.41, 5.74) is 0.651. The first-order chi connectivity index (χ1) is 11.4. The monoisotopic (exact) mass is 371 g/mol. The van der Waals surface area contributed by atoms with Gasteiger partial charge in [-0.25, -0.2) is 0 Å². The molecule has 0 bridgehead atoms. The molecule has 24 heavy (non-hydrogen) atoms. The molecule has 1 aromatic rings. The van der Waals surface area contributed by atoms with Crippen molar-refractivity contribution in [3.8, 4) is 0 Å². The Hall–Kier alpha value is -1.64. The summed E-state index contributed by atoms with van der Waals surface area (Å²) < 4.78 is 0. The number of piperazine rings is 1. The van der Waals surface area contributed by atoms with E-state index >= 15 is 0 Å². The first-order valence-corrected chi connectivity index (χ1v) is 8.53. The van der Waals surface area contributed by atoms with Crippen molar-refractivity contribution in [1.82, 2.24) is 15.1 Å². The number of hydrogen-bond donors (Lipinski definition) is 1. The number of rotatable bonds is 5. The topological polar surface area (TPSA) is 64.9 Å². The number of hydrogen-bond acceptors (Lipinski definition) is 5. The predicted octanol–water partition coefficient (Wildman–Crippen LogP) is 1.81. The van der Waals surface area contributed by atoms with Gasteiger partial charge in [-0.2, -0.15) is 0 Å². The number of halogens is 1. The van der Waals surface area contributed by atoms with Crippen LogP contribution in [0.3, 0.4) is 0 Å². The Balaban J connectivity index is 1.93. The Morgan fingerprint density at radius 1 is 1.38 bits per heavy atom. The van der Waals surface area contributed by atoms with E-state index in [4.69, 9.17) is 23.8 Å². The van der Waals surface area contributed by atoms with Crippen LogP contribution in [0.15, 0.2) is 18.2 Å². The van der Waals surface area contributed by atoms with Crippen LogP contribution >= 0.6 is 23.8 Å². The minimum Gasteiger partial charge on any atom is -0.362 e. The molecule has 9 heteroatoms. The van der Waals surface area contributed by atoms with Gasteiger partial charge >= 0.3 is 0 Å². The predicted molar refractivity (Wildman–Crippen MR) is 101 cm³/mol. The van der Waals surface area contributed by atoms with Crippen molar-refractivity contribution in [3.63, 3.8) is 0 Å². The average molecular weight is 372 g/mol. The van der Waals surface area contributed by atoms with Crippen LogP contribution in [0.5, 0.6) is 0 Å². The van der Waals surface area contributed by atoms with Crippen LogP contribution < -0.4 is 10.2 Å². The van der Waals surface area contributed by atoms with Crippen LogP contribution in [0.2, 0.25) is 5.02 Å². The number of nitrogens with zero attached hydrogens (tertiary/aromatic N) is 4. The standard InChI is InChI=1S/C15H22ClN5O2S/c1-18(2)6-5-17-15(24)20-9-7-19(8-10-20)13-4-3-12(16)11-14(13)21(22)23/h3-4,11H,5-10H2,1-2H3,(H,17,24). The third-order valence-corrected chi connectivity index (χ3v) is 4.51. The second kappa shape index (κ2) is 8.46. The average Bonchev–Trinajstić information content (AvgIpc) is 2.54. The van der Waals surface area contributed by atoms with Crippen molar-refractivity contribution in [2.24, 2.45) is 0 Å². The van der Waals surface area contributed by atoms with Crippen molar-refractivity contribution in [3.05, 3.63) is 33.3 Å². The molecule has 2 rings (SSSR count). The summed E-state index contributed by atoms with van der Waals surface area (Å²) in [7, 11) is 4.03. The maximum atomic E-state index is 11.2. The van der Waals surface area contributed by atoms with Gasteiger partial charge in [0.2, 0.25) is 0 Å². The van der Waals surface area contributed by atoms with Crippen molar-refractivity contribution >= 4 is 40.3 Å². The first kappa shape index (κ1) is 18.7. The summed E-state index contributed by atoms with van der Waals surface area (Å²) in [6.45, 7) is 4.53. The second-order valence-corrected chi connectivity index (χ2v) is 6.72. The molecule has 0 aromatic heterocycles. The molecule has 1 heterocycles. The third-order valence-electron chi connectivity index (χ3n) is 3.88.